The van der Waals surface area contributed by atoms with E-state index in [1.807, 2.05) is 0 Å². The molecule has 2 N–H and O–H groups in total. The highest BCUT2D eigenvalue weighted by Gasteiger charge is 2.12. The fraction of sp³-hybridized carbons (Fsp3) is 0.0667. The van der Waals surface area contributed by atoms with E-state index in [0.29, 0.717) is 16.3 Å². The number of hydrazone groups is 1. The van der Waals surface area contributed by atoms with Crippen LogP contribution in [-0.4, -0.2) is 28.8 Å². The van der Waals surface area contributed by atoms with Crippen molar-refractivity contribution < 1.29 is 19.6 Å². The minimum Gasteiger partial charge on any atom is -0.502 e. The molecule has 0 fully saturated rings. The average Bonchev–Trinajstić information content (AvgIpc) is 2.55. The SMILES string of the molecule is O=C(COc1ccccc1Cl)N/N=C\c1ccc(O)c([N+](=O)[O-])c1. The number of hydrogen-bond donors (Lipinski definition) is 2. The topological polar surface area (TPSA) is 114 Å². The van der Waals surface area contributed by atoms with Crippen molar-refractivity contribution in [1.82, 2.24) is 5.43 Å². The molecule has 9 heteroatoms. The predicted octanol–water partition coefficient (Wildman–Crippen LogP) is 2.48. The lowest BCUT2D eigenvalue weighted by Crippen LogP contribution is -2.24. The summed E-state index contributed by atoms with van der Waals surface area (Å²) < 4.78 is 5.23. The largest absolute Gasteiger partial charge is 0.502 e. The Morgan fingerprint density at radius 2 is 2.12 bits per heavy atom. The highest BCUT2D eigenvalue weighted by molar-refractivity contribution is 6.32. The van der Waals surface area contributed by atoms with Gasteiger partial charge >= 0.3 is 5.69 Å². The normalized spacial score (nSPS) is 10.5. The molecule has 8 nitrogen and oxygen atoms in total. The van der Waals surface area contributed by atoms with E-state index in [9.17, 15) is 20.0 Å². The third kappa shape index (κ3) is 4.68. The van der Waals surface area contributed by atoms with Crippen LogP contribution in [0.5, 0.6) is 11.5 Å². The van der Waals surface area contributed by atoms with Gasteiger partial charge in [0.15, 0.2) is 12.4 Å². The van der Waals surface area contributed by atoms with Crippen LogP contribution in [0, 0.1) is 10.1 Å². The summed E-state index contributed by atoms with van der Waals surface area (Å²) in [5.74, 6) is -0.610. The molecule has 0 radical (unpaired) electrons. The van der Waals surface area contributed by atoms with Crippen molar-refractivity contribution in [2.75, 3.05) is 6.61 Å². The molecule has 0 aliphatic rings. The van der Waals surface area contributed by atoms with Crippen molar-refractivity contribution in [2.24, 2.45) is 5.10 Å². The molecular weight excluding hydrogens is 338 g/mol. The number of ether oxygens (including phenoxy) is 1. The summed E-state index contributed by atoms with van der Waals surface area (Å²) in [6.45, 7) is -0.295. The third-order valence-electron chi connectivity index (χ3n) is 2.79. The number of halogens is 1. The molecule has 0 saturated heterocycles. The number of carbonyl (C=O) groups is 1. The van der Waals surface area contributed by atoms with Crippen molar-refractivity contribution in [3.63, 3.8) is 0 Å². The van der Waals surface area contributed by atoms with E-state index in [2.05, 4.69) is 10.5 Å². The maximum Gasteiger partial charge on any atom is 0.311 e. The number of para-hydroxylation sites is 1. The van der Waals surface area contributed by atoms with E-state index < -0.39 is 22.3 Å². The number of nitrogens with zero attached hydrogens (tertiary/aromatic N) is 2. The molecule has 0 aliphatic carbocycles. The number of nitro groups is 1. The Bertz CT molecular complexity index is 794. The average molecular weight is 350 g/mol. The van der Waals surface area contributed by atoms with Crippen LogP contribution in [0.4, 0.5) is 5.69 Å². The van der Waals surface area contributed by atoms with Crippen LogP contribution in [0.25, 0.3) is 0 Å². The molecule has 24 heavy (non-hydrogen) atoms. The highest BCUT2D eigenvalue weighted by atomic mass is 35.5. The molecule has 0 unspecified atom stereocenters. The fourth-order valence-electron chi connectivity index (χ4n) is 1.68. The van der Waals surface area contributed by atoms with Crippen molar-refractivity contribution in [3.8, 4) is 11.5 Å². The van der Waals surface area contributed by atoms with E-state index in [1.54, 1.807) is 24.3 Å². The van der Waals surface area contributed by atoms with Gasteiger partial charge in [-0.1, -0.05) is 23.7 Å². The summed E-state index contributed by atoms with van der Waals surface area (Å²) in [7, 11) is 0. The van der Waals surface area contributed by atoms with E-state index in [4.69, 9.17) is 16.3 Å². The van der Waals surface area contributed by atoms with Crippen LogP contribution in [0.3, 0.4) is 0 Å². The Balaban J connectivity index is 1.90. The van der Waals surface area contributed by atoms with E-state index in [1.165, 1.54) is 18.3 Å². The standard InChI is InChI=1S/C15H12ClN3O5/c16-11-3-1-2-4-14(11)24-9-15(21)18-17-8-10-5-6-13(20)12(7-10)19(22)23/h1-8,20H,9H2,(H,18,21)/b17-8-. The van der Waals surface area contributed by atoms with E-state index >= 15 is 0 Å². The number of amides is 1. The Hall–Kier alpha value is -3.13. The van der Waals surface area contributed by atoms with Gasteiger partial charge in [0.1, 0.15) is 5.75 Å². The first-order valence-corrected chi connectivity index (χ1v) is 7.02. The number of rotatable bonds is 6. The molecule has 124 valence electrons. The maximum atomic E-state index is 11.6. The fourth-order valence-corrected chi connectivity index (χ4v) is 1.87. The summed E-state index contributed by atoms with van der Waals surface area (Å²) in [4.78, 5) is 21.6. The number of nitro benzene ring substituents is 1. The molecule has 0 spiro atoms. The van der Waals surface area contributed by atoms with Gasteiger partial charge in [0.25, 0.3) is 5.91 Å². The Morgan fingerprint density at radius 1 is 1.38 bits per heavy atom. The first-order chi connectivity index (χ1) is 11.5. The first-order valence-electron chi connectivity index (χ1n) is 6.64. The second kappa shape index (κ2) is 7.93. The number of phenolic OH excluding ortho intramolecular Hbond substituents is 1. The van der Waals surface area contributed by atoms with Gasteiger partial charge in [0.2, 0.25) is 0 Å². The monoisotopic (exact) mass is 349 g/mol. The summed E-state index contributed by atoms with van der Waals surface area (Å²) in [5, 5.41) is 24.1. The summed E-state index contributed by atoms with van der Waals surface area (Å²) >= 11 is 5.88. The summed E-state index contributed by atoms with van der Waals surface area (Å²) in [5.41, 5.74) is 2.10. The molecule has 2 aromatic rings. The van der Waals surface area contributed by atoms with Crippen molar-refractivity contribution in [2.45, 2.75) is 0 Å². The lowest BCUT2D eigenvalue weighted by Gasteiger charge is -2.06. The first kappa shape index (κ1) is 17.2. The summed E-state index contributed by atoms with van der Waals surface area (Å²) in [6, 6.07) is 10.4. The van der Waals surface area contributed by atoms with E-state index in [-0.39, 0.29) is 6.61 Å². The molecular formula is C15H12ClN3O5. The minimum absolute atomic E-state index is 0.295. The molecule has 0 bridgehead atoms. The minimum atomic E-state index is -0.720. The van der Waals surface area contributed by atoms with Crippen LogP contribution in [0.1, 0.15) is 5.56 Å². The molecule has 1 amide bonds. The van der Waals surface area contributed by atoms with Gasteiger partial charge in [0.05, 0.1) is 16.2 Å². The molecule has 2 rings (SSSR count). The van der Waals surface area contributed by atoms with Crippen LogP contribution in [0.15, 0.2) is 47.6 Å². The van der Waals surface area contributed by atoms with E-state index in [0.717, 1.165) is 6.07 Å². The van der Waals surface area contributed by atoms with Crippen LogP contribution < -0.4 is 10.2 Å². The van der Waals surface area contributed by atoms with Crippen molar-refractivity contribution in [3.05, 3.63) is 63.2 Å². The highest BCUT2D eigenvalue weighted by Crippen LogP contribution is 2.25. The van der Waals surface area contributed by atoms with Gasteiger partial charge in [-0.05, 0) is 24.3 Å². The number of nitrogens with one attached hydrogen (secondary N) is 1. The molecule has 0 saturated carbocycles. The smallest absolute Gasteiger partial charge is 0.311 e. The molecule has 2 aromatic carbocycles. The summed E-state index contributed by atoms with van der Waals surface area (Å²) in [6.07, 6.45) is 1.21. The molecule has 0 aliphatic heterocycles. The number of phenols is 1. The molecule has 0 heterocycles. The second-order valence-electron chi connectivity index (χ2n) is 4.52. The van der Waals surface area contributed by atoms with Gasteiger partial charge in [0, 0.05) is 11.6 Å². The van der Waals surface area contributed by atoms with Crippen LogP contribution >= 0.6 is 11.6 Å². The number of hydrogen-bond acceptors (Lipinski definition) is 6. The Morgan fingerprint density at radius 3 is 2.83 bits per heavy atom. The predicted molar refractivity (Wildman–Crippen MR) is 87.4 cm³/mol. The quantitative estimate of drug-likeness (QED) is 0.472. The van der Waals surface area contributed by atoms with Gasteiger partial charge in [-0.3, -0.25) is 14.9 Å². The zero-order chi connectivity index (χ0) is 17.5. The van der Waals surface area contributed by atoms with Gasteiger partial charge in [-0.25, -0.2) is 5.43 Å². The zero-order valence-electron chi connectivity index (χ0n) is 12.2. The lowest BCUT2D eigenvalue weighted by molar-refractivity contribution is -0.385. The molecule has 0 aromatic heterocycles. The van der Waals surface area contributed by atoms with Gasteiger partial charge < -0.3 is 9.84 Å². The number of benzene rings is 2. The Kier molecular flexibility index (Phi) is 5.69. The Labute approximate surface area is 141 Å². The second-order valence-corrected chi connectivity index (χ2v) is 4.92. The molecule has 0 atom stereocenters. The van der Waals surface area contributed by atoms with Crippen LogP contribution in [0.2, 0.25) is 5.02 Å². The van der Waals surface area contributed by atoms with Gasteiger partial charge in [-0.2, -0.15) is 5.10 Å². The number of carbonyl (C=O) groups excluding carboxylic acids is 1. The van der Waals surface area contributed by atoms with Crippen molar-refractivity contribution >= 4 is 29.4 Å². The lowest BCUT2D eigenvalue weighted by atomic mass is 10.2. The third-order valence-corrected chi connectivity index (χ3v) is 3.11. The van der Waals surface area contributed by atoms with Gasteiger partial charge in [-0.15, -0.1) is 0 Å². The number of aromatic hydroxyl groups is 1. The van der Waals surface area contributed by atoms with Crippen molar-refractivity contribution in [1.29, 1.82) is 0 Å². The zero-order valence-corrected chi connectivity index (χ0v) is 12.9. The maximum absolute atomic E-state index is 11.6. The van der Waals surface area contributed by atoms with Crippen LogP contribution in [-0.2, 0) is 4.79 Å².